The van der Waals surface area contributed by atoms with Crippen LogP contribution in [0.15, 0.2) is 12.2 Å². The van der Waals surface area contributed by atoms with Crippen molar-refractivity contribution < 1.29 is 24.2 Å². The van der Waals surface area contributed by atoms with Gasteiger partial charge >= 0.3 is 5.97 Å². The Bertz CT molecular complexity index is 674. The summed E-state index contributed by atoms with van der Waals surface area (Å²) in [5, 5.41) is 14.5. The van der Waals surface area contributed by atoms with Gasteiger partial charge in [-0.2, -0.15) is 0 Å². The lowest BCUT2D eigenvalue weighted by molar-refractivity contribution is -0.137. The molecule has 0 spiro atoms. The molecule has 0 unspecified atom stereocenters. The average Bonchev–Trinajstić information content (AvgIpc) is 3.41. The zero-order valence-corrected chi connectivity index (χ0v) is 19.9. The first-order valence-electron chi connectivity index (χ1n) is 13.1. The summed E-state index contributed by atoms with van der Waals surface area (Å²) in [6.07, 6.45) is 18.5. The Hall–Kier alpha value is -1.89. The Morgan fingerprint density at radius 1 is 0.848 bits per heavy atom. The highest BCUT2D eigenvalue weighted by atomic mass is 16.5. The lowest BCUT2D eigenvalue weighted by Crippen LogP contribution is -2.42. The summed E-state index contributed by atoms with van der Waals surface area (Å²) in [6, 6.07) is 0. The van der Waals surface area contributed by atoms with Gasteiger partial charge in [-0.25, -0.2) is 0 Å². The maximum absolute atomic E-state index is 12.3. The lowest BCUT2D eigenvalue weighted by atomic mass is 9.77. The van der Waals surface area contributed by atoms with Crippen LogP contribution >= 0.6 is 0 Å². The standard InChI is InChI=1S/C26H42N2O5/c29-24(13-8-11-19-9-4-3-5-10-19)28-18-25(30)27-17-21-20(22-15-16-23(21)33-22)12-6-1-2-7-14-26(31)32/h1,6,19-23H,2-5,7-18H2,(H,27,30)(H,28,29)(H,31,32)/t20-,21+,22-,23+/m0/s1. The Kier molecular flexibility index (Phi) is 10.7. The number of amides is 2. The molecule has 0 aromatic carbocycles. The van der Waals surface area contributed by atoms with Crippen LogP contribution in [-0.4, -0.2) is 48.2 Å². The van der Waals surface area contributed by atoms with Crippen molar-refractivity contribution in [1.29, 1.82) is 0 Å². The van der Waals surface area contributed by atoms with E-state index < -0.39 is 5.97 Å². The Morgan fingerprint density at radius 3 is 2.36 bits per heavy atom. The molecule has 1 aliphatic carbocycles. The maximum atomic E-state index is 12.3. The van der Waals surface area contributed by atoms with Crippen LogP contribution in [0.5, 0.6) is 0 Å². The molecule has 2 saturated heterocycles. The first-order valence-corrected chi connectivity index (χ1v) is 13.1. The van der Waals surface area contributed by atoms with Crippen LogP contribution in [0.25, 0.3) is 0 Å². The number of aliphatic carboxylic acids is 1. The van der Waals surface area contributed by atoms with Gasteiger partial charge in [-0.15, -0.1) is 0 Å². The molecular formula is C26H42N2O5. The summed E-state index contributed by atoms with van der Waals surface area (Å²) < 4.78 is 6.10. The highest BCUT2D eigenvalue weighted by Crippen LogP contribution is 2.44. The van der Waals surface area contributed by atoms with Crippen LogP contribution in [0.2, 0.25) is 0 Å². The number of unbranched alkanes of at least 4 members (excludes halogenated alkanes) is 1. The van der Waals surface area contributed by atoms with Gasteiger partial charge in [0.25, 0.3) is 0 Å². The predicted octanol–water partition coefficient (Wildman–Crippen LogP) is 3.96. The molecule has 7 nitrogen and oxygen atoms in total. The molecule has 4 atom stereocenters. The van der Waals surface area contributed by atoms with Gasteiger partial charge in [-0.05, 0) is 56.8 Å². The second-order valence-corrected chi connectivity index (χ2v) is 10.1. The molecule has 3 N–H and O–H groups in total. The minimum Gasteiger partial charge on any atom is -0.481 e. The molecule has 0 radical (unpaired) electrons. The van der Waals surface area contributed by atoms with E-state index in [9.17, 15) is 14.4 Å². The number of allylic oxidation sites excluding steroid dienone is 2. The number of carbonyl (C=O) groups is 3. The van der Waals surface area contributed by atoms with Gasteiger partial charge in [0.2, 0.25) is 11.8 Å². The number of fused-ring (bicyclic) bond motifs is 2. The van der Waals surface area contributed by atoms with E-state index in [1.807, 2.05) is 0 Å². The summed E-state index contributed by atoms with van der Waals surface area (Å²) in [5.74, 6) is 0.538. The van der Waals surface area contributed by atoms with Gasteiger partial charge in [0.15, 0.2) is 0 Å². The Labute approximate surface area is 198 Å². The second-order valence-electron chi connectivity index (χ2n) is 10.1. The first-order chi connectivity index (χ1) is 16.0. The number of rotatable bonds is 14. The highest BCUT2D eigenvalue weighted by Gasteiger charge is 2.47. The third-order valence-electron chi connectivity index (χ3n) is 7.65. The number of carboxylic acid groups (broad SMARTS) is 1. The maximum Gasteiger partial charge on any atom is 0.303 e. The summed E-state index contributed by atoms with van der Waals surface area (Å²) >= 11 is 0. The van der Waals surface area contributed by atoms with Gasteiger partial charge < -0.3 is 20.5 Å². The van der Waals surface area contributed by atoms with E-state index in [1.165, 1.54) is 32.1 Å². The summed E-state index contributed by atoms with van der Waals surface area (Å²) in [5.41, 5.74) is 0. The summed E-state index contributed by atoms with van der Waals surface area (Å²) in [4.78, 5) is 35.0. The van der Waals surface area contributed by atoms with Crippen LogP contribution < -0.4 is 10.6 Å². The van der Waals surface area contributed by atoms with Crippen molar-refractivity contribution in [3.63, 3.8) is 0 Å². The van der Waals surface area contributed by atoms with E-state index in [0.29, 0.717) is 31.2 Å². The van der Waals surface area contributed by atoms with E-state index in [1.54, 1.807) is 0 Å². The minimum atomic E-state index is -0.753. The van der Waals surface area contributed by atoms with Crippen LogP contribution in [0.4, 0.5) is 0 Å². The summed E-state index contributed by atoms with van der Waals surface area (Å²) in [7, 11) is 0. The Morgan fingerprint density at radius 2 is 1.61 bits per heavy atom. The molecule has 3 fully saturated rings. The van der Waals surface area contributed by atoms with E-state index in [-0.39, 0.29) is 37.0 Å². The van der Waals surface area contributed by atoms with Crippen molar-refractivity contribution in [2.45, 2.75) is 102 Å². The van der Waals surface area contributed by atoms with Crippen LogP contribution in [0.3, 0.4) is 0 Å². The normalized spacial score (nSPS) is 27.2. The van der Waals surface area contributed by atoms with E-state index in [2.05, 4.69) is 22.8 Å². The number of hydrogen-bond donors (Lipinski definition) is 3. The van der Waals surface area contributed by atoms with Crippen molar-refractivity contribution in [3.8, 4) is 0 Å². The monoisotopic (exact) mass is 462 g/mol. The fourth-order valence-corrected chi connectivity index (χ4v) is 5.81. The van der Waals surface area contributed by atoms with Gasteiger partial charge in [0.05, 0.1) is 18.8 Å². The zero-order valence-electron chi connectivity index (χ0n) is 19.9. The Balaban J connectivity index is 1.29. The van der Waals surface area contributed by atoms with E-state index in [4.69, 9.17) is 9.84 Å². The predicted molar refractivity (Wildman–Crippen MR) is 127 cm³/mol. The molecule has 0 aromatic rings. The molecule has 2 bridgehead atoms. The molecule has 2 heterocycles. The van der Waals surface area contributed by atoms with Crippen molar-refractivity contribution in [1.82, 2.24) is 10.6 Å². The molecule has 7 heteroatoms. The number of carbonyl (C=O) groups excluding carboxylic acids is 2. The zero-order chi connectivity index (χ0) is 23.5. The third kappa shape index (κ3) is 8.76. The fraction of sp³-hybridized carbons (Fsp3) is 0.808. The molecule has 2 aliphatic heterocycles. The van der Waals surface area contributed by atoms with Crippen molar-refractivity contribution in [2.75, 3.05) is 13.1 Å². The third-order valence-corrected chi connectivity index (χ3v) is 7.65. The number of nitrogens with one attached hydrogen (secondary N) is 2. The van der Waals surface area contributed by atoms with Gasteiger partial charge in [-0.1, -0.05) is 44.3 Å². The van der Waals surface area contributed by atoms with Gasteiger partial charge in [0.1, 0.15) is 0 Å². The molecule has 2 amide bonds. The number of carboxylic acids is 1. The largest absolute Gasteiger partial charge is 0.481 e. The van der Waals surface area contributed by atoms with Crippen molar-refractivity contribution in [2.24, 2.45) is 17.8 Å². The second kappa shape index (κ2) is 13.7. The quantitative estimate of drug-likeness (QED) is 0.268. The van der Waals surface area contributed by atoms with E-state index in [0.717, 1.165) is 44.4 Å². The number of ether oxygens (including phenoxy) is 1. The van der Waals surface area contributed by atoms with Crippen molar-refractivity contribution >= 4 is 17.8 Å². The molecule has 33 heavy (non-hydrogen) atoms. The van der Waals surface area contributed by atoms with Crippen LogP contribution in [-0.2, 0) is 19.1 Å². The van der Waals surface area contributed by atoms with Crippen molar-refractivity contribution in [3.05, 3.63) is 12.2 Å². The smallest absolute Gasteiger partial charge is 0.303 e. The average molecular weight is 463 g/mol. The minimum absolute atomic E-state index is 0.0323. The molecule has 0 aromatic heterocycles. The molecule has 3 rings (SSSR count). The van der Waals surface area contributed by atoms with Gasteiger partial charge in [0, 0.05) is 25.3 Å². The summed E-state index contributed by atoms with van der Waals surface area (Å²) in [6.45, 7) is 0.618. The SMILES string of the molecule is O=C(O)CCCC=CC[C@H]1[C@@H](CNC(=O)CNC(=O)CCCC2CCCCC2)[C@H]2CC[C@@H]1O2. The number of hydrogen-bond acceptors (Lipinski definition) is 4. The van der Waals surface area contributed by atoms with Crippen LogP contribution in [0.1, 0.15) is 89.9 Å². The lowest BCUT2D eigenvalue weighted by Gasteiger charge is -2.27. The topological polar surface area (TPSA) is 105 Å². The van der Waals surface area contributed by atoms with Gasteiger partial charge in [-0.3, -0.25) is 14.4 Å². The highest BCUT2D eigenvalue weighted by molar-refractivity contribution is 5.84. The molecule has 186 valence electrons. The molecule has 3 aliphatic rings. The fourth-order valence-electron chi connectivity index (χ4n) is 5.81. The molecular weight excluding hydrogens is 420 g/mol. The molecule has 1 saturated carbocycles. The van der Waals surface area contributed by atoms with Crippen LogP contribution in [0, 0.1) is 17.8 Å². The van der Waals surface area contributed by atoms with E-state index >= 15 is 0 Å². The first kappa shape index (κ1) is 25.7.